The number of ether oxygens (including phenoxy) is 1. The Labute approximate surface area is 76.5 Å². The van der Waals surface area contributed by atoms with Crippen molar-refractivity contribution in [3.8, 4) is 0 Å². The minimum absolute atomic E-state index is 0.559. The van der Waals surface area contributed by atoms with Crippen LogP contribution in [-0.4, -0.2) is 12.7 Å². The third-order valence-corrected chi connectivity index (χ3v) is 3.02. The molecule has 0 N–H and O–H groups in total. The molecule has 0 aliphatic carbocycles. The van der Waals surface area contributed by atoms with E-state index < -0.39 is 0 Å². The summed E-state index contributed by atoms with van der Waals surface area (Å²) in [6.07, 6.45) is 5.75. The van der Waals surface area contributed by atoms with Gasteiger partial charge in [-0.15, -0.1) is 0 Å². The zero-order chi connectivity index (χ0) is 8.97. The van der Waals surface area contributed by atoms with Gasteiger partial charge in [-0.25, -0.2) is 0 Å². The first-order valence-corrected chi connectivity index (χ1v) is 5.37. The van der Waals surface area contributed by atoms with Gasteiger partial charge >= 0.3 is 0 Å². The average Bonchev–Trinajstić information content (AvgIpc) is 2.07. The molecule has 0 saturated carbocycles. The first kappa shape index (κ1) is 10.0. The van der Waals surface area contributed by atoms with E-state index in [-0.39, 0.29) is 0 Å². The quantitative estimate of drug-likeness (QED) is 0.632. The van der Waals surface area contributed by atoms with Crippen molar-refractivity contribution in [2.75, 3.05) is 6.61 Å². The molecule has 12 heavy (non-hydrogen) atoms. The van der Waals surface area contributed by atoms with Crippen molar-refractivity contribution < 1.29 is 4.74 Å². The maximum absolute atomic E-state index is 5.79. The second-order valence-corrected chi connectivity index (χ2v) is 4.22. The molecule has 0 radical (unpaired) electrons. The van der Waals surface area contributed by atoms with Crippen LogP contribution in [0.5, 0.6) is 0 Å². The van der Waals surface area contributed by atoms with Gasteiger partial charge in [0.2, 0.25) is 0 Å². The van der Waals surface area contributed by atoms with Gasteiger partial charge in [-0.1, -0.05) is 27.2 Å². The molecule has 1 aliphatic heterocycles. The Hall–Kier alpha value is -0.0400. The SMILES string of the molecule is CCC(C(C)C)C1CCCCO1. The van der Waals surface area contributed by atoms with Crippen LogP contribution >= 0.6 is 0 Å². The Bertz CT molecular complexity index is 114. The van der Waals surface area contributed by atoms with Gasteiger partial charge in [0.25, 0.3) is 0 Å². The van der Waals surface area contributed by atoms with Crippen LogP contribution in [0, 0.1) is 11.8 Å². The van der Waals surface area contributed by atoms with Crippen molar-refractivity contribution in [2.45, 2.75) is 52.6 Å². The second kappa shape index (κ2) is 4.86. The highest BCUT2D eigenvalue weighted by Crippen LogP contribution is 2.27. The molecule has 0 spiro atoms. The molecule has 0 bridgehead atoms. The van der Waals surface area contributed by atoms with Gasteiger partial charge < -0.3 is 4.74 Å². The Morgan fingerprint density at radius 2 is 2.08 bits per heavy atom. The lowest BCUT2D eigenvalue weighted by molar-refractivity contribution is -0.0344. The lowest BCUT2D eigenvalue weighted by Gasteiger charge is -2.32. The summed E-state index contributed by atoms with van der Waals surface area (Å²) < 4.78 is 5.79. The summed E-state index contributed by atoms with van der Waals surface area (Å²) in [6, 6.07) is 0. The fourth-order valence-electron chi connectivity index (χ4n) is 2.27. The number of rotatable bonds is 3. The molecule has 2 atom stereocenters. The van der Waals surface area contributed by atoms with Crippen molar-refractivity contribution in [3.05, 3.63) is 0 Å². The Balaban J connectivity index is 2.40. The van der Waals surface area contributed by atoms with E-state index in [1.807, 2.05) is 0 Å². The van der Waals surface area contributed by atoms with Crippen LogP contribution in [0.2, 0.25) is 0 Å². The molecular formula is C11H22O. The summed E-state index contributed by atoms with van der Waals surface area (Å²) in [5.41, 5.74) is 0. The Kier molecular flexibility index (Phi) is 4.07. The first-order chi connectivity index (χ1) is 5.75. The van der Waals surface area contributed by atoms with E-state index >= 15 is 0 Å². The van der Waals surface area contributed by atoms with Crippen LogP contribution in [0.15, 0.2) is 0 Å². The van der Waals surface area contributed by atoms with E-state index in [1.165, 1.54) is 25.7 Å². The maximum Gasteiger partial charge on any atom is 0.0605 e. The van der Waals surface area contributed by atoms with E-state index in [1.54, 1.807) is 0 Å². The van der Waals surface area contributed by atoms with E-state index in [2.05, 4.69) is 20.8 Å². The van der Waals surface area contributed by atoms with Gasteiger partial charge in [0.1, 0.15) is 0 Å². The van der Waals surface area contributed by atoms with Gasteiger partial charge in [0.05, 0.1) is 6.10 Å². The summed E-state index contributed by atoms with van der Waals surface area (Å²) >= 11 is 0. The predicted octanol–water partition coefficient (Wildman–Crippen LogP) is 3.24. The van der Waals surface area contributed by atoms with Crippen molar-refractivity contribution in [1.82, 2.24) is 0 Å². The summed E-state index contributed by atoms with van der Waals surface area (Å²) in [5.74, 6) is 1.56. The van der Waals surface area contributed by atoms with Gasteiger partial charge in [-0.2, -0.15) is 0 Å². The van der Waals surface area contributed by atoms with Gasteiger partial charge in [-0.05, 0) is 31.1 Å². The van der Waals surface area contributed by atoms with E-state index in [0.717, 1.165) is 18.4 Å². The minimum atomic E-state index is 0.559. The predicted molar refractivity (Wildman–Crippen MR) is 52.2 cm³/mol. The van der Waals surface area contributed by atoms with E-state index in [4.69, 9.17) is 4.74 Å². The Morgan fingerprint density at radius 1 is 1.33 bits per heavy atom. The highest BCUT2D eigenvalue weighted by molar-refractivity contribution is 4.74. The maximum atomic E-state index is 5.79. The molecule has 1 heteroatoms. The molecule has 1 aliphatic rings. The molecule has 0 aromatic carbocycles. The molecule has 72 valence electrons. The molecule has 0 aromatic rings. The Morgan fingerprint density at radius 3 is 2.50 bits per heavy atom. The van der Waals surface area contributed by atoms with Gasteiger partial charge in [0, 0.05) is 6.61 Å². The summed E-state index contributed by atoms with van der Waals surface area (Å²) in [7, 11) is 0. The fourth-order valence-corrected chi connectivity index (χ4v) is 2.27. The van der Waals surface area contributed by atoms with Crippen molar-refractivity contribution >= 4 is 0 Å². The van der Waals surface area contributed by atoms with Crippen molar-refractivity contribution in [2.24, 2.45) is 11.8 Å². The molecule has 1 saturated heterocycles. The second-order valence-electron chi connectivity index (χ2n) is 4.22. The standard InChI is InChI=1S/C11H22O/c1-4-10(9(2)3)11-7-5-6-8-12-11/h9-11H,4-8H2,1-3H3. The monoisotopic (exact) mass is 170 g/mol. The van der Waals surface area contributed by atoms with Crippen molar-refractivity contribution in [3.63, 3.8) is 0 Å². The van der Waals surface area contributed by atoms with Crippen LogP contribution in [0.1, 0.15) is 46.5 Å². The molecule has 1 rings (SSSR count). The first-order valence-electron chi connectivity index (χ1n) is 5.37. The molecular weight excluding hydrogens is 148 g/mol. The van der Waals surface area contributed by atoms with Crippen LogP contribution in [0.4, 0.5) is 0 Å². The number of hydrogen-bond acceptors (Lipinski definition) is 1. The van der Waals surface area contributed by atoms with E-state index in [0.29, 0.717) is 6.10 Å². The lowest BCUT2D eigenvalue weighted by atomic mass is 9.85. The largest absolute Gasteiger partial charge is 0.378 e. The summed E-state index contributed by atoms with van der Waals surface area (Å²) in [5, 5.41) is 0. The molecule has 0 aromatic heterocycles. The van der Waals surface area contributed by atoms with Crippen LogP contribution in [-0.2, 0) is 4.74 Å². The smallest absolute Gasteiger partial charge is 0.0605 e. The normalized spacial score (nSPS) is 27.5. The van der Waals surface area contributed by atoms with E-state index in [9.17, 15) is 0 Å². The van der Waals surface area contributed by atoms with Crippen LogP contribution in [0.25, 0.3) is 0 Å². The third kappa shape index (κ3) is 2.48. The highest BCUT2D eigenvalue weighted by atomic mass is 16.5. The van der Waals surface area contributed by atoms with Crippen LogP contribution in [0.3, 0.4) is 0 Å². The molecule has 0 amide bonds. The van der Waals surface area contributed by atoms with Gasteiger partial charge in [-0.3, -0.25) is 0 Å². The lowest BCUT2D eigenvalue weighted by Crippen LogP contribution is -2.30. The number of hydrogen-bond donors (Lipinski definition) is 0. The molecule has 2 unspecified atom stereocenters. The summed E-state index contributed by atoms with van der Waals surface area (Å²) in [6.45, 7) is 7.90. The molecule has 1 nitrogen and oxygen atoms in total. The average molecular weight is 170 g/mol. The summed E-state index contributed by atoms with van der Waals surface area (Å²) in [4.78, 5) is 0. The van der Waals surface area contributed by atoms with Gasteiger partial charge in [0.15, 0.2) is 0 Å². The zero-order valence-electron chi connectivity index (χ0n) is 8.68. The zero-order valence-corrected chi connectivity index (χ0v) is 8.68. The highest BCUT2D eigenvalue weighted by Gasteiger charge is 2.25. The fraction of sp³-hybridized carbons (Fsp3) is 1.00. The topological polar surface area (TPSA) is 9.23 Å². The third-order valence-electron chi connectivity index (χ3n) is 3.02. The molecule has 1 heterocycles. The minimum Gasteiger partial charge on any atom is -0.378 e. The van der Waals surface area contributed by atoms with Crippen molar-refractivity contribution in [1.29, 1.82) is 0 Å². The van der Waals surface area contributed by atoms with Crippen LogP contribution < -0.4 is 0 Å². The molecule has 1 fully saturated rings.